The van der Waals surface area contributed by atoms with Gasteiger partial charge in [-0.3, -0.25) is 9.36 Å². The van der Waals surface area contributed by atoms with Crippen LogP contribution in [0.3, 0.4) is 0 Å². The predicted molar refractivity (Wildman–Crippen MR) is 152 cm³/mol. The predicted octanol–water partition coefficient (Wildman–Crippen LogP) is 4.34. The highest BCUT2D eigenvalue weighted by molar-refractivity contribution is 7.07. The van der Waals surface area contributed by atoms with E-state index in [0.29, 0.717) is 44.3 Å². The number of ether oxygens (including phenoxy) is 3. The lowest BCUT2D eigenvalue weighted by Gasteiger charge is -2.26. The van der Waals surface area contributed by atoms with Gasteiger partial charge in [-0.2, -0.15) is 0 Å². The summed E-state index contributed by atoms with van der Waals surface area (Å²) >= 11 is 1.27. The van der Waals surface area contributed by atoms with Gasteiger partial charge in [-0.15, -0.1) is 0 Å². The fraction of sp³-hybridized carbons (Fsp3) is 0.194. The summed E-state index contributed by atoms with van der Waals surface area (Å²) in [5.41, 5.74) is 2.77. The highest BCUT2D eigenvalue weighted by atomic mass is 32.1. The molecule has 1 unspecified atom stereocenters. The molecule has 2 heterocycles. The van der Waals surface area contributed by atoms with Gasteiger partial charge < -0.3 is 14.2 Å². The zero-order valence-electron chi connectivity index (χ0n) is 21.9. The van der Waals surface area contributed by atoms with Crippen molar-refractivity contribution in [3.05, 3.63) is 121 Å². The zero-order chi connectivity index (χ0) is 27.4. The number of rotatable bonds is 8. The summed E-state index contributed by atoms with van der Waals surface area (Å²) in [6.45, 7) is 4.37. The number of methoxy groups -OCH3 is 1. The second-order valence-electron chi connectivity index (χ2n) is 8.68. The topological polar surface area (TPSA) is 79.1 Å². The van der Waals surface area contributed by atoms with E-state index in [2.05, 4.69) is 0 Å². The lowest BCUT2D eigenvalue weighted by atomic mass is 9.93. The van der Waals surface area contributed by atoms with E-state index >= 15 is 0 Å². The van der Waals surface area contributed by atoms with Crippen LogP contribution in [0, 0.1) is 0 Å². The number of aromatic nitrogens is 1. The third kappa shape index (κ3) is 5.15. The molecule has 39 heavy (non-hydrogen) atoms. The highest BCUT2D eigenvalue weighted by Gasteiger charge is 2.35. The molecule has 0 radical (unpaired) electrons. The Balaban J connectivity index is 1.83. The molecule has 1 atom stereocenters. The van der Waals surface area contributed by atoms with E-state index in [1.54, 1.807) is 18.6 Å². The fourth-order valence-electron chi connectivity index (χ4n) is 4.60. The molecule has 1 aromatic heterocycles. The first-order chi connectivity index (χ1) is 19.0. The number of para-hydroxylation sites is 1. The van der Waals surface area contributed by atoms with Gasteiger partial charge in [0.25, 0.3) is 5.56 Å². The largest absolute Gasteiger partial charge is 0.497 e. The highest BCUT2D eigenvalue weighted by Crippen LogP contribution is 2.36. The van der Waals surface area contributed by atoms with Gasteiger partial charge in [0.1, 0.15) is 11.5 Å². The Kier molecular flexibility index (Phi) is 7.74. The molecule has 4 aromatic rings. The van der Waals surface area contributed by atoms with Crippen molar-refractivity contribution in [1.29, 1.82) is 0 Å². The summed E-state index contributed by atoms with van der Waals surface area (Å²) in [5, 5.41) is 0. The van der Waals surface area contributed by atoms with Gasteiger partial charge in [0.15, 0.2) is 4.80 Å². The molecule has 0 bridgehead atoms. The number of esters is 1. The summed E-state index contributed by atoms with van der Waals surface area (Å²) in [6, 6.07) is 23.7. The molecule has 7 nitrogen and oxygen atoms in total. The number of hydrogen-bond donors (Lipinski definition) is 0. The molecule has 0 saturated carbocycles. The fourth-order valence-corrected chi connectivity index (χ4v) is 5.59. The Hall–Kier alpha value is -4.43. The van der Waals surface area contributed by atoms with Gasteiger partial charge in [0.05, 0.1) is 42.2 Å². The number of carbonyl (C=O) groups is 1. The first-order valence-corrected chi connectivity index (χ1v) is 13.5. The van der Waals surface area contributed by atoms with Gasteiger partial charge >= 0.3 is 5.97 Å². The van der Waals surface area contributed by atoms with Crippen molar-refractivity contribution >= 4 is 29.1 Å². The van der Waals surface area contributed by atoms with E-state index in [1.165, 1.54) is 11.3 Å². The molecule has 198 valence electrons. The van der Waals surface area contributed by atoms with E-state index in [1.807, 2.05) is 91.9 Å². The molecule has 0 saturated heterocycles. The summed E-state index contributed by atoms with van der Waals surface area (Å²) in [7, 11) is 1.58. The number of hydrogen-bond acceptors (Lipinski definition) is 7. The van der Waals surface area contributed by atoms with Gasteiger partial charge in [-0.1, -0.05) is 72.0 Å². The molecule has 1 aliphatic heterocycles. The van der Waals surface area contributed by atoms with E-state index in [4.69, 9.17) is 19.2 Å². The van der Waals surface area contributed by atoms with Crippen molar-refractivity contribution in [2.45, 2.75) is 19.9 Å². The summed E-state index contributed by atoms with van der Waals surface area (Å²) < 4.78 is 18.8. The first kappa shape index (κ1) is 26.2. The summed E-state index contributed by atoms with van der Waals surface area (Å²) in [5.74, 6) is 0.776. The molecule has 3 aromatic carbocycles. The minimum Gasteiger partial charge on any atom is -0.497 e. The summed E-state index contributed by atoms with van der Waals surface area (Å²) in [6.07, 6.45) is 1.81. The molecule has 8 heteroatoms. The molecule has 5 rings (SSSR count). The minimum atomic E-state index is -0.769. The van der Waals surface area contributed by atoms with E-state index in [0.717, 1.165) is 11.1 Å². The lowest BCUT2D eigenvalue weighted by Crippen LogP contribution is -2.40. The lowest BCUT2D eigenvalue weighted by molar-refractivity contribution is -0.138. The van der Waals surface area contributed by atoms with Gasteiger partial charge in [0.2, 0.25) is 0 Å². The Bertz CT molecular complexity index is 1720. The van der Waals surface area contributed by atoms with Crippen molar-refractivity contribution in [3.8, 4) is 11.5 Å². The molecular weight excluding hydrogens is 512 g/mol. The standard InChI is InChI=1S/C31H28N2O5S/c1-4-37-24-17-10-9-14-21(24)19-25-29(34)33-28(22-15-11-16-23(18-22)36-3)26(30(35)38-5-2)27(32-31(33)39-25)20-12-7-6-8-13-20/h6-19,28H,4-5H2,1-3H3/b25-19-. The third-order valence-corrected chi connectivity index (χ3v) is 7.27. The number of benzene rings is 3. The molecule has 0 amide bonds. The van der Waals surface area contributed by atoms with Gasteiger partial charge in [-0.25, -0.2) is 9.79 Å². The maximum absolute atomic E-state index is 14.0. The SMILES string of the molecule is CCOC(=O)C1=C(c2ccccc2)N=c2s/c(=C\c3ccccc3OCC)c(=O)n2C1c1cccc(OC)c1. The third-order valence-electron chi connectivity index (χ3n) is 6.29. The van der Waals surface area contributed by atoms with Crippen molar-refractivity contribution in [2.24, 2.45) is 4.99 Å². The Morgan fingerprint density at radius 1 is 1.00 bits per heavy atom. The van der Waals surface area contributed by atoms with Crippen LogP contribution in [0.5, 0.6) is 11.5 Å². The number of nitrogens with zero attached hydrogens (tertiary/aromatic N) is 2. The van der Waals surface area contributed by atoms with Crippen molar-refractivity contribution in [2.75, 3.05) is 20.3 Å². The van der Waals surface area contributed by atoms with Crippen LogP contribution in [0.4, 0.5) is 0 Å². The molecule has 0 aliphatic carbocycles. The normalized spacial score (nSPS) is 14.9. The van der Waals surface area contributed by atoms with Crippen LogP contribution in [0.15, 0.2) is 94.2 Å². The van der Waals surface area contributed by atoms with Crippen LogP contribution in [-0.4, -0.2) is 30.9 Å². The molecule has 0 spiro atoms. The second-order valence-corrected chi connectivity index (χ2v) is 9.69. The Labute approximate surface area is 229 Å². The quantitative estimate of drug-likeness (QED) is 0.311. The molecular formula is C31H28N2O5S. The number of fused-ring (bicyclic) bond motifs is 1. The van der Waals surface area contributed by atoms with Gasteiger partial charge in [-0.05, 0) is 43.7 Å². The van der Waals surface area contributed by atoms with Crippen LogP contribution in [0.25, 0.3) is 11.8 Å². The van der Waals surface area contributed by atoms with Crippen molar-refractivity contribution < 1.29 is 19.0 Å². The molecule has 0 fully saturated rings. The first-order valence-electron chi connectivity index (χ1n) is 12.7. The maximum atomic E-state index is 14.0. The van der Waals surface area contributed by atoms with Crippen molar-refractivity contribution in [1.82, 2.24) is 4.57 Å². The number of carbonyl (C=O) groups excluding carboxylic acids is 1. The smallest absolute Gasteiger partial charge is 0.338 e. The number of thiazole rings is 1. The average Bonchev–Trinajstić information content (AvgIpc) is 3.28. The minimum absolute atomic E-state index is 0.188. The Morgan fingerprint density at radius 3 is 2.51 bits per heavy atom. The maximum Gasteiger partial charge on any atom is 0.338 e. The Morgan fingerprint density at radius 2 is 1.77 bits per heavy atom. The van der Waals surface area contributed by atoms with Crippen molar-refractivity contribution in [3.63, 3.8) is 0 Å². The molecule has 0 N–H and O–H groups in total. The molecule has 1 aliphatic rings. The van der Waals surface area contributed by atoms with Gasteiger partial charge in [0, 0.05) is 11.1 Å². The summed E-state index contributed by atoms with van der Waals surface area (Å²) in [4.78, 5) is 32.9. The zero-order valence-corrected chi connectivity index (χ0v) is 22.7. The van der Waals surface area contributed by atoms with E-state index in [-0.39, 0.29) is 12.2 Å². The van der Waals surface area contributed by atoms with E-state index < -0.39 is 12.0 Å². The van der Waals surface area contributed by atoms with E-state index in [9.17, 15) is 9.59 Å². The van der Waals surface area contributed by atoms with Crippen LogP contribution < -0.4 is 24.4 Å². The van der Waals surface area contributed by atoms with Crippen LogP contribution >= 0.6 is 11.3 Å². The van der Waals surface area contributed by atoms with Crippen LogP contribution in [0.2, 0.25) is 0 Å². The van der Waals surface area contributed by atoms with Crippen LogP contribution in [0.1, 0.15) is 36.6 Å². The second kappa shape index (κ2) is 11.5. The monoisotopic (exact) mass is 540 g/mol. The van der Waals surface area contributed by atoms with Crippen LogP contribution in [-0.2, 0) is 9.53 Å². The average molecular weight is 541 g/mol.